The van der Waals surface area contributed by atoms with E-state index in [1.165, 1.54) is 7.11 Å². The molecule has 0 spiro atoms. The first kappa shape index (κ1) is 33.0. The van der Waals surface area contributed by atoms with E-state index in [-0.39, 0.29) is 36.3 Å². The first-order valence-corrected chi connectivity index (χ1v) is 16.4. The van der Waals surface area contributed by atoms with Gasteiger partial charge in [-0.05, 0) is 44.8 Å². The minimum atomic E-state index is -0.325. The van der Waals surface area contributed by atoms with Crippen molar-refractivity contribution in [2.24, 2.45) is 10.3 Å². The van der Waals surface area contributed by atoms with Crippen molar-refractivity contribution in [3.8, 4) is 5.75 Å². The molecule has 0 aliphatic rings. The summed E-state index contributed by atoms with van der Waals surface area (Å²) >= 11 is 3.31. The predicted octanol–water partition coefficient (Wildman–Crippen LogP) is 5.13. The number of nitrogens with zero attached hydrogens (tertiary/aromatic N) is 2. The molecule has 0 saturated heterocycles. The molecule has 3 aromatic carbocycles. The number of carbonyl (C=O) groups is 2. The van der Waals surface area contributed by atoms with Crippen molar-refractivity contribution in [1.82, 2.24) is 10.6 Å². The maximum atomic E-state index is 12.9. The van der Waals surface area contributed by atoms with Crippen LogP contribution in [-0.2, 0) is 38.7 Å². The number of nitrogens with one attached hydrogen (secondary N) is 2. The maximum Gasteiger partial charge on any atom is 0.269 e. The monoisotopic (exact) mass is 672 g/mol. The molecular formula is C30H33BrN4O5S2. The van der Waals surface area contributed by atoms with Gasteiger partial charge in [-0.15, -0.1) is 0 Å². The number of phenolic OH excluding ortho intramolecular Hbond substituents is 1. The molecule has 0 saturated carbocycles. The third-order valence-electron chi connectivity index (χ3n) is 5.60. The summed E-state index contributed by atoms with van der Waals surface area (Å²) in [6.07, 6.45) is 0.619. The molecule has 2 amide bonds. The average Bonchev–Trinajstić information content (AvgIpc) is 3.00. The molecule has 3 aromatic rings. The summed E-state index contributed by atoms with van der Waals surface area (Å²) in [7, 11) is 4.61. The quantitative estimate of drug-likeness (QED) is 0.0787. The lowest BCUT2D eigenvalue weighted by molar-refractivity contribution is -0.115. The van der Waals surface area contributed by atoms with Gasteiger partial charge >= 0.3 is 0 Å². The van der Waals surface area contributed by atoms with Gasteiger partial charge in [0, 0.05) is 37.4 Å². The fraction of sp³-hybridized carbons (Fsp3) is 0.267. The molecule has 0 aliphatic carbocycles. The number of halogens is 1. The molecule has 3 N–H and O–H groups in total. The van der Waals surface area contributed by atoms with E-state index in [2.05, 4.69) is 36.9 Å². The van der Waals surface area contributed by atoms with Crippen molar-refractivity contribution in [2.75, 3.05) is 31.7 Å². The molecule has 0 atom stereocenters. The highest BCUT2D eigenvalue weighted by molar-refractivity contribution is 9.10. The van der Waals surface area contributed by atoms with Gasteiger partial charge in [-0.2, -0.15) is 0 Å². The summed E-state index contributed by atoms with van der Waals surface area (Å²) in [6.45, 7) is 1.14. The Morgan fingerprint density at radius 2 is 1.33 bits per heavy atom. The highest BCUT2D eigenvalue weighted by atomic mass is 79.9. The zero-order valence-corrected chi connectivity index (χ0v) is 26.3. The van der Waals surface area contributed by atoms with Crippen molar-refractivity contribution in [3.05, 3.63) is 100 Å². The van der Waals surface area contributed by atoms with Crippen LogP contribution in [0.2, 0.25) is 0 Å². The normalized spacial score (nSPS) is 11.6. The van der Waals surface area contributed by atoms with Gasteiger partial charge in [0.05, 0.1) is 4.47 Å². The lowest BCUT2D eigenvalue weighted by atomic mass is 10.1. The Morgan fingerprint density at radius 3 is 1.90 bits per heavy atom. The number of hydrogen-bond acceptors (Lipinski definition) is 9. The number of aromatic hydroxyl groups is 1. The second kappa shape index (κ2) is 18.9. The number of hydrogen-bond donors (Lipinski definition) is 3. The highest BCUT2D eigenvalue weighted by Crippen LogP contribution is 2.24. The molecule has 42 heavy (non-hydrogen) atoms. The number of rotatable bonds is 17. The molecule has 0 bridgehead atoms. The SMILES string of the molecule is CO/N=C(\Cc1ccccc1)C(=O)NCCSSCCNC(=O)/C(Cc1ccc(O)c(Br)c1)=N/OCc1ccccc1. The molecule has 0 unspecified atom stereocenters. The summed E-state index contributed by atoms with van der Waals surface area (Å²) in [4.78, 5) is 35.8. The van der Waals surface area contributed by atoms with Crippen LogP contribution in [0.25, 0.3) is 0 Å². The summed E-state index contributed by atoms with van der Waals surface area (Å²) in [6, 6.07) is 24.2. The van der Waals surface area contributed by atoms with E-state index in [9.17, 15) is 14.7 Å². The molecule has 0 aromatic heterocycles. The van der Waals surface area contributed by atoms with Crippen molar-refractivity contribution in [2.45, 2.75) is 19.4 Å². The van der Waals surface area contributed by atoms with Gasteiger partial charge in [0.15, 0.2) is 0 Å². The summed E-state index contributed by atoms with van der Waals surface area (Å²) in [5.74, 6) is 0.879. The molecule has 0 radical (unpaired) electrons. The Morgan fingerprint density at radius 1 is 0.786 bits per heavy atom. The van der Waals surface area contributed by atoms with Crippen molar-refractivity contribution < 1.29 is 24.4 Å². The summed E-state index contributed by atoms with van der Waals surface area (Å²) < 4.78 is 0.535. The Kier molecular flexibility index (Phi) is 14.8. The van der Waals surface area contributed by atoms with Crippen LogP contribution in [-0.4, -0.2) is 60.0 Å². The van der Waals surface area contributed by atoms with E-state index < -0.39 is 0 Å². The lowest BCUT2D eigenvalue weighted by Gasteiger charge is -2.10. The Labute approximate surface area is 262 Å². The number of phenols is 1. The van der Waals surface area contributed by atoms with E-state index in [1.807, 2.05) is 60.7 Å². The first-order valence-electron chi connectivity index (χ1n) is 13.1. The zero-order chi connectivity index (χ0) is 30.0. The van der Waals surface area contributed by atoms with Gasteiger partial charge in [-0.25, -0.2) is 0 Å². The van der Waals surface area contributed by atoms with Crippen LogP contribution in [0.5, 0.6) is 5.75 Å². The molecule has 222 valence electrons. The molecule has 0 fully saturated rings. The summed E-state index contributed by atoms with van der Waals surface area (Å²) in [5, 5.41) is 23.6. The summed E-state index contributed by atoms with van der Waals surface area (Å²) in [5.41, 5.74) is 3.26. The molecule has 3 rings (SSSR count). The van der Waals surface area contributed by atoms with E-state index in [4.69, 9.17) is 9.68 Å². The van der Waals surface area contributed by atoms with E-state index in [0.717, 1.165) is 16.7 Å². The van der Waals surface area contributed by atoms with Crippen LogP contribution in [0.4, 0.5) is 0 Å². The van der Waals surface area contributed by atoms with E-state index in [1.54, 1.807) is 39.8 Å². The van der Waals surface area contributed by atoms with Crippen molar-refractivity contribution >= 4 is 60.8 Å². The number of benzene rings is 3. The van der Waals surface area contributed by atoms with Gasteiger partial charge in [0.2, 0.25) is 0 Å². The van der Waals surface area contributed by atoms with Crippen molar-refractivity contribution in [3.63, 3.8) is 0 Å². The fourth-order valence-corrected chi connectivity index (χ4v) is 5.79. The van der Waals surface area contributed by atoms with Crippen LogP contribution in [0.3, 0.4) is 0 Å². The topological polar surface area (TPSA) is 122 Å². The molecule has 9 nitrogen and oxygen atoms in total. The highest BCUT2D eigenvalue weighted by Gasteiger charge is 2.15. The van der Waals surface area contributed by atoms with Gasteiger partial charge in [-0.1, -0.05) is 98.6 Å². The van der Waals surface area contributed by atoms with E-state index in [0.29, 0.717) is 41.2 Å². The minimum Gasteiger partial charge on any atom is -0.507 e. The number of carbonyl (C=O) groups excluding carboxylic acids is 2. The largest absolute Gasteiger partial charge is 0.507 e. The molecule has 0 heterocycles. The predicted molar refractivity (Wildman–Crippen MR) is 174 cm³/mol. The number of amides is 2. The lowest BCUT2D eigenvalue weighted by Crippen LogP contribution is -2.34. The molecular weight excluding hydrogens is 640 g/mol. The van der Waals surface area contributed by atoms with Crippen LogP contribution < -0.4 is 10.6 Å². The van der Waals surface area contributed by atoms with Gasteiger partial charge < -0.3 is 25.4 Å². The Hall–Kier alpha value is -3.48. The van der Waals surface area contributed by atoms with Crippen LogP contribution in [0.15, 0.2) is 93.6 Å². The van der Waals surface area contributed by atoms with Crippen molar-refractivity contribution in [1.29, 1.82) is 0 Å². The second-order valence-corrected chi connectivity index (χ2v) is 12.4. The van der Waals surface area contributed by atoms with Crippen LogP contribution >= 0.6 is 37.5 Å². The minimum absolute atomic E-state index is 0.117. The Balaban J connectivity index is 1.40. The van der Waals surface area contributed by atoms with Gasteiger partial charge in [0.25, 0.3) is 11.8 Å². The van der Waals surface area contributed by atoms with Gasteiger partial charge in [0.1, 0.15) is 30.9 Å². The molecule has 0 aliphatic heterocycles. The van der Waals surface area contributed by atoms with Crippen LogP contribution in [0.1, 0.15) is 16.7 Å². The third-order valence-corrected chi connectivity index (χ3v) is 8.64. The third kappa shape index (κ3) is 12.2. The standard InChI is InChI=1S/C30H33BrN4O5S2/c1-39-34-26(19-22-8-4-2-5-9-22)29(37)32-14-16-41-42-17-15-33-30(38)27(20-24-12-13-28(36)25(31)18-24)35-40-21-23-10-6-3-7-11-23/h2-13,18,36H,14-17,19-21H2,1H3,(H,32,37)(H,33,38)/b34-26+,35-27+. The number of oxime groups is 2. The van der Waals surface area contributed by atoms with Gasteiger partial charge in [-0.3, -0.25) is 9.59 Å². The van der Waals surface area contributed by atoms with E-state index >= 15 is 0 Å². The molecule has 12 heteroatoms. The first-order chi connectivity index (χ1) is 20.5. The fourth-order valence-electron chi connectivity index (χ4n) is 3.55. The maximum absolute atomic E-state index is 12.9. The Bertz CT molecular complexity index is 1340. The second-order valence-electron chi connectivity index (χ2n) is 8.80. The average molecular weight is 674 g/mol. The smallest absolute Gasteiger partial charge is 0.269 e. The zero-order valence-electron chi connectivity index (χ0n) is 23.1. The van der Waals surface area contributed by atoms with Crippen LogP contribution in [0, 0.1) is 0 Å².